The molecule has 0 saturated heterocycles. The molecule has 1 aromatic rings. The zero-order valence-electron chi connectivity index (χ0n) is 15.4. The van der Waals surface area contributed by atoms with Crippen molar-refractivity contribution in [2.45, 2.75) is 25.7 Å². The molecule has 5 N–H and O–H groups in total. The molecule has 0 amide bonds. The van der Waals surface area contributed by atoms with Gasteiger partial charge < -0.3 is 21.4 Å². The average molecular weight is 364 g/mol. The van der Waals surface area contributed by atoms with Crippen LogP contribution in [0.3, 0.4) is 0 Å². The van der Waals surface area contributed by atoms with E-state index in [1.54, 1.807) is 11.5 Å². The molecular weight excluding hydrogens is 340 g/mol. The Morgan fingerprint density at radius 2 is 2.26 bits per heavy atom. The maximum absolute atomic E-state index is 12.5. The minimum absolute atomic E-state index is 0.0609. The van der Waals surface area contributed by atoms with Crippen LogP contribution in [0.25, 0.3) is 5.82 Å². The highest BCUT2D eigenvalue weighted by atomic mass is 16.1. The predicted octanol–water partition coefficient (Wildman–Crippen LogP) is 1.82. The highest BCUT2D eigenvalue weighted by Gasteiger charge is 2.26. The molecule has 27 heavy (non-hydrogen) atoms. The number of nitrogens with zero attached hydrogens (tertiary/aromatic N) is 2. The van der Waals surface area contributed by atoms with Crippen LogP contribution in [0.5, 0.6) is 0 Å². The first-order valence-electron chi connectivity index (χ1n) is 9.16. The van der Waals surface area contributed by atoms with Crippen LogP contribution in [0.2, 0.25) is 0 Å². The van der Waals surface area contributed by atoms with Gasteiger partial charge >= 0.3 is 0 Å². The summed E-state index contributed by atoms with van der Waals surface area (Å²) in [5.74, 6) is 1.34. The standard InChI is InChI=1S/C20H24N6O/c1-12-20(27)26-11-18(15-10-23-16-7-4-3-6-14(15)16)25-17(19(26)24-12)8-5-9-22-13(2)21/h3-4,6-7,11,15,22-23,25H,2,5,8-10,21H2,1H3. The van der Waals surface area contributed by atoms with Crippen LogP contribution in [-0.2, 0) is 6.42 Å². The number of aromatic amines is 1. The molecule has 4 rings (SSSR count). The summed E-state index contributed by atoms with van der Waals surface area (Å²) >= 11 is 0. The van der Waals surface area contributed by atoms with Gasteiger partial charge in [0.15, 0.2) is 5.82 Å². The topological polar surface area (TPSA) is 101 Å². The maximum Gasteiger partial charge on any atom is 0.277 e. The zero-order chi connectivity index (χ0) is 19.0. The van der Waals surface area contributed by atoms with Crippen LogP contribution in [-0.4, -0.2) is 27.6 Å². The van der Waals surface area contributed by atoms with Gasteiger partial charge in [0, 0.05) is 36.6 Å². The van der Waals surface area contributed by atoms with Crippen LogP contribution >= 0.6 is 0 Å². The number of imidazole rings is 1. The van der Waals surface area contributed by atoms with Crippen LogP contribution < -0.4 is 21.9 Å². The van der Waals surface area contributed by atoms with Crippen molar-refractivity contribution in [3.8, 4) is 5.82 Å². The van der Waals surface area contributed by atoms with Crippen molar-refractivity contribution in [3.63, 3.8) is 0 Å². The first kappa shape index (κ1) is 17.2. The lowest BCUT2D eigenvalue weighted by atomic mass is 9.98. The van der Waals surface area contributed by atoms with E-state index in [-0.39, 0.29) is 11.5 Å². The number of benzene rings is 1. The number of aromatic nitrogens is 3. The van der Waals surface area contributed by atoms with Crippen molar-refractivity contribution >= 4 is 5.69 Å². The van der Waals surface area contributed by atoms with E-state index in [1.165, 1.54) is 5.56 Å². The molecule has 0 spiro atoms. The number of H-pyrrole nitrogens is 1. The molecule has 3 aliphatic rings. The van der Waals surface area contributed by atoms with E-state index in [0.29, 0.717) is 17.3 Å². The molecule has 3 heterocycles. The number of nitrogens with two attached hydrogens (primary N) is 1. The summed E-state index contributed by atoms with van der Waals surface area (Å²) in [4.78, 5) is 20.6. The molecule has 0 bridgehead atoms. The lowest BCUT2D eigenvalue weighted by molar-refractivity contribution is 0.694. The van der Waals surface area contributed by atoms with Crippen LogP contribution in [0, 0.1) is 6.92 Å². The van der Waals surface area contributed by atoms with Crippen LogP contribution in [0.4, 0.5) is 5.69 Å². The van der Waals surface area contributed by atoms with E-state index in [1.807, 2.05) is 18.3 Å². The third-order valence-electron chi connectivity index (χ3n) is 5.03. The van der Waals surface area contributed by atoms with Gasteiger partial charge in [0.05, 0.1) is 11.5 Å². The molecule has 0 fully saturated rings. The lowest BCUT2D eigenvalue weighted by Gasteiger charge is -2.17. The minimum Gasteiger partial charge on any atom is -0.386 e. The molecular formula is C20H24N6O. The van der Waals surface area contributed by atoms with E-state index in [0.717, 1.165) is 43.0 Å². The molecule has 1 aromatic carbocycles. The second kappa shape index (κ2) is 6.83. The molecule has 140 valence electrons. The Hall–Kier alpha value is -3.22. The molecule has 0 aromatic heterocycles. The maximum atomic E-state index is 12.5. The third-order valence-corrected chi connectivity index (χ3v) is 5.03. The Morgan fingerprint density at radius 1 is 1.44 bits per heavy atom. The molecule has 0 saturated carbocycles. The summed E-state index contributed by atoms with van der Waals surface area (Å²) in [5.41, 5.74) is 10.4. The number of hydrogen-bond acceptors (Lipinski definition) is 5. The number of anilines is 1. The van der Waals surface area contributed by atoms with Crippen LogP contribution in [0.15, 0.2) is 47.7 Å². The summed E-state index contributed by atoms with van der Waals surface area (Å²) in [6, 6.07) is 8.29. The van der Waals surface area contributed by atoms with Crippen molar-refractivity contribution in [2.24, 2.45) is 5.73 Å². The van der Waals surface area contributed by atoms with Gasteiger partial charge in [-0.05, 0) is 31.4 Å². The van der Waals surface area contributed by atoms with Gasteiger partial charge in [-0.25, -0.2) is 4.98 Å². The normalized spacial score (nSPS) is 15.5. The van der Waals surface area contributed by atoms with E-state index in [4.69, 9.17) is 5.73 Å². The van der Waals surface area contributed by atoms with E-state index >= 15 is 0 Å². The minimum atomic E-state index is -0.0609. The van der Waals surface area contributed by atoms with Crippen molar-refractivity contribution in [1.29, 1.82) is 0 Å². The Balaban J connectivity index is 1.71. The van der Waals surface area contributed by atoms with Crippen LogP contribution in [0.1, 0.15) is 35.0 Å². The average Bonchev–Trinajstić information content (AvgIpc) is 3.20. The second-order valence-corrected chi connectivity index (χ2v) is 6.96. The second-order valence-electron chi connectivity index (χ2n) is 6.96. The van der Waals surface area contributed by atoms with Gasteiger partial charge in [0.25, 0.3) is 5.56 Å². The Labute approximate surface area is 157 Å². The summed E-state index contributed by atoms with van der Waals surface area (Å²) in [5, 5.41) is 6.48. The largest absolute Gasteiger partial charge is 0.386 e. The van der Waals surface area contributed by atoms with E-state index in [9.17, 15) is 4.79 Å². The van der Waals surface area contributed by atoms with E-state index in [2.05, 4.69) is 39.3 Å². The number of rotatable bonds is 6. The fraction of sp³-hybridized carbons (Fsp3) is 0.300. The summed E-state index contributed by atoms with van der Waals surface area (Å²) in [6.45, 7) is 6.92. The molecule has 7 nitrogen and oxygen atoms in total. The number of para-hydroxylation sites is 1. The highest BCUT2D eigenvalue weighted by Crippen LogP contribution is 2.35. The molecule has 0 radical (unpaired) electrons. The van der Waals surface area contributed by atoms with Gasteiger partial charge in [-0.15, -0.1) is 0 Å². The van der Waals surface area contributed by atoms with Gasteiger partial charge in [0.2, 0.25) is 0 Å². The van der Waals surface area contributed by atoms with Gasteiger partial charge in [-0.2, -0.15) is 0 Å². The first-order chi connectivity index (χ1) is 13.0. The summed E-state index contributed by atoms with van der Waals surface area (Å²) in [6.07, 6.45) is 3.51. The van der Waals surface area contributed by atoms with Gasteiger partial charge in [-0.3, -0.25) is 9.36 Å². The molecule has 0 aliphatic carbocycles. The quantitative estimate of drug-likeness (QED) is 0.500. The number of nitrogens with one attached hydrogen (secondary N) is 3. The summed E-state index contributed by atoms with van der Waals surface area (Å²) < 4.78 is 1.67. The lowest BCUT2D eigenvalue weighted by Crippen LogP contribution is -2.22. The molecule has 1 atom stereocenters. The van der Waals surface area contributed by atoms with Crippen molar-refractivity contribution in [1.82, 2.24) is 19.9 Å². The van der Waals surface area contributed by atoms with Gasteiger partial charge in [0.1, 0.15) is 5.69 Å². The Kier molecular flexibility index (Phi) is 4.35. The number of hydrogen-bond donors (Lipinski definition) is 4. The van der Waals surface area contributed by atoms with Gasteiger partial charge in [-0.1, -0.05) is 24.8 Å². The van der Waals surface area contributed by atoms with Crippen molar-refractivity contribution in [3.05, 3.63) is 75.9 Å². The Morgan fingerprint density at radius 3 is 3.07 bits per heavy atom. The highest BCUT2D eigenvalue weighted by molar-refractivity contribution is 5.60. The molecule has 3 aliphatic heterocycles. The zero-order valence-corrected chi connectivity index (χ0v) is 15.4. The molecule has 7 heteroatoms. The van der Waals surface area contributed by atoms with Crippen molar-refractivity contribution in [2.75, 3.05) is 18.4 Å². The SMILES string of the molecule is C=C(N)NCCCc1[nH]c(C2CNc3ccccc32)cn2c(=O)c(C)nc1-2. The smallest absolute Gasteiger partial charge is 0.277 e. The Bertz CT molecular complexity index is 1020. The summed E-state index contributed by atoms with van der Waals surface area (Å²) in [7, 11) is 0. The molecule has 1 unspecified atom stereocenters. The van der Waals surface area contributed by atoms with Crippen molar-refractivity contribution < 1.29 is 0 Å². The predicted molar refractivity (Wildman–Crippen MR) is 107 cm³/mol. The first-order valence-corrected chi connectivity index (χ1v) is 9.16. The number of fused-ring (bicyclic) bond motifs is 2. The number of aryl methyl sites for hydroxylation is 2. The fourth-order valence-electron chi connectivity index (χ4n) is 3.69. The fourth-order valence-corrected chi connectivity index (χ4v) is 3.69. The third kappa shape index (κ3) is 3.16. The monoisotopic (exact) mass is 364 g/mol. The van der Waals surface area contributed by atoms with E-state index < -0.39 is 0 Å².